The Morgan fingerprint density at radius 2 is 1.88 bits per heavy atom. The molecule has 1 amide bonds. The highest BCUT2D eigenvalue weighted by molar-refractivity contribution is 5.81. The summed E-state index contributed by atoms with van der Waals surface area (Å²) < 4.78 is 38.3. The number of amides is 1. The summed E-state index contributed by atoms with van der Waals surface area (Å²) in [6, 6.07) is 0.686. The summed E-state index contributed by atoms with van der Waals surface area (Å²) in [4.78, 5) is 22.0. The van der Waals surface area contributed by atoms with Crippen LogP contribution in [0.3, 0.4) is 0 Å². The fourth-order valence-electron chi connectivity index (χ4n) is 2.98. The van der Waals surface area contributed by atoms with Crippen LogP contribution in [0.25, 0.3) is 0 Å². The minimum absolute atomic E-state index is 0.0926. The standard InChI is InChI=1S/C17H25F3N4O/c1-12-11-14(17(18,19)20)23-15(22-12)7-8-21-16(25)13(2)24-9-5-3-4-6-10-24/h11,13H,3-10H2,1-2H3,(H,21,25). The van der Waals surface area contributed by atoms with Gasteiger partial charge in [-0.2, -0.15) is 13.2 Å². The molecule has 1 aromatic rings. The Morgan fingerprint density at radius 1 is 1.24 bits per heavy atom. The molecule has 0 aromatic carbocycles. The molecule has 0 saturated carbocycles. The lowest BCUT2D eigenvalue weighted by molar-refractivity contribution is -0.141. The molecule has 2 heterocycles. The number of aromatic nitrogens is 2. The molecule has 1 fully saturated rings. The molecule has 0 aliphatic carbocycles. The highest BCUT2D eigenvalue weighted by atomic mass is 19.4. The van der Waals surface area contributed by atoms with Gasteiger partial charge in [-0.05, 0) is 45.8 Å². The second-order valence-electron chi connectivity index (χ2n) is 6.48. The van der Waals surface area contributed by atoms with Gasteiger partial charge in [0.25, 0.3) is 0 Å². The predicted molar refractivity (Wildman–Crippen MR) is 88.0 cm³/mol. The zero-order valence-electron chi connectivity index (χ0n) is 14.7. The van der Waals surface area contributed by atoms with Crippen LogP contribution < -0.4 is 5.32 Å². The Hall–Kier alpha value is -1.70. The van der Waals surface area contributed by atoms with E-state index in [1.165, 1.54) is 19.8 Å². The normalized spacial score (nSPS) is 17.8. The molecule has 0 spiro atoms. The Kier molecular flexibility index (Phi) is 6.75. The topological polar surface area (TPSA) is 58.1 Å². The number of carbonyl (C=O) groups excluding carboxylic acids is 1. The first-order valence-electron chi connectivity index (χ1n) is 8.71. The van der Waals surface area contributed by atoms with Crippen LogP contribution in [0.1, 0.15) is 49.8 Å². The Bertz CT molecular complexity index is 584. The quantitative estimate of drug-likeness (QED) is 0.879. The summed E-state index contributed by atoms with van der Waals surface area (Å²) in [5.74, 6) is -0.0133. The number of hydrogen-bond donors (Lipinski definition) is 1. The third-order valence-corrected chi connectivity index (χ3v) is 4.41. The number of alkyl halides is 3. The molecule has 1 aliphatic heterocycles. The monoisotopic (exact) mass is 358 g/mol. The highest BCUT2D eigenvalue weighted by Gasteiger charge is 2.33. The summed E-state index contributed by atoms with van der Waals surface area (Å²) in [7, 11) is 0. The van der Waals surface area contributed by atoms with Gasteiger partial charge >= 0.3 is 6.18 Å². The molecule has 5 nitrogen and oxygen atoms in total. The van der Waals surface area contributed by atoms with Gasteiger partial charge in [-0.25, -0.2) is 9.97 Å². The summed E-state index contributed by atoms with van der Waals surface area (Å²) in [5, 5.41) is 2.78. The van der Waals surface area contributed by atoms with Crippen LogP contribution in [-0.4, -0.2) is 46.5 Å². The molecule has 0 radical (unpaired) electrons. The van der Waals surface area contributed by atoms with Gasteiger partial charge in [-0.1, -0.05) is 12.8 Å². The van der Waals surface area contributed by atoms with E-state index < -0.39 is 11.9 Å². The van der Waals surface area contributed by atoms with Crippen molar-refractivity contribution in [3.63, 3.8) is 0 Å². The Morgan fingerprint density at radius 3 is 2.48 bits per heavy atom. The third-order valence-electron chi connectivity index (χ3n) is 4.41. The molecule has 8 heteroatoms. The zero-order chi connectivity index (χ0) is 18.4. The summed E-state index contributed by atoms with van der Waals surface area (Å²) in [5.41, 5.74) is -0.680. The molecule has 1 aromatic heterocycles. The van der Waals surface area contributed by atoms with Gasteiger partial charge in [0.15, 0.2) is 0 Å². The molecule has 1 aliphatic rings. The minimum atomic E-state index is -4.49. The molecule has 1 unspecified atom stereocenters. The number of nitrogens with zero attached hydrogens (tertiary/aromatic N) is 3. The Labute approximate surface area is 146 Å². The number of hydrogen-bond acceptors (Lipinski definition) is 4. The molecule has 2 rings (SSSR count). The van der Waals surface area contributed by atoms with Gasteiger partial charge in [0.2, 0.25) is 5.91 Å². The lowest BCUT2D eigenvalue weighted by atomic mass is 10.2. The molecule has 25 heavy (non-hydrogen) atoms. The van der Waals surface area contributed by atoms with E-state index in [0.29, 0.717) is 0 Å². The second-order valence-corrected chi connectivity index (χ2v) is 6.48. The first-order valence-corrected chi connectivity index (χ1v) is 8.71. The molecular formula is C17H25F3N4O. The number of likely N-dealkylation sites (tertiary alicyclic amines) is 1. The van der Waals surface area contributed by atoms with E-state index in [2.05, 4.69) is 20.2 Å². The summed E-state index contributed by atoms with van der Waals surface area (Å²) in [6.45, 7) is 5.40. The lowest BCUT2D eigenvalue weighted by Gasteiger charge is -2.26. The first kappa shape index (κ1) is 19.6. The maximum atomic E-state index is 12.8. The molecule has 1 atom stereocenters. The van der Waals surface area contributed by atoms with Gasteiger partial charge in [-0.3, -0.25) is 9.69 Å². The molecule has 1 N–H and O–H groups in total. The number of nitrogens with one attached hydrogen (secondary N) is 1. The van der Waals surface area contributed by atoms with Gasteiger partial charge in [0.05, 0.1) is 6.04 Å². The van der Waals surface area contributed by atoms with Crippen molar-refractivity contribution in [2.75, 3.05) is 19.6 Å². The number of rotatable bonds is 5. The van der Waals surface area contributed by atoms with Crippen LogP contribution >= 0.6 is 0 Å². The van der Waals surface area contributed by atoms with E-state index in [1.807, 2.05) is 6.92 Å². The smallest absolute Gasteiger partial charge is 0.354 e. The largest absolute Gasteiger partial charge is 0.433 e. The van der Waals surface area contributed by atoms with E-state index in [4.69, 9.17) is 0 Å². The van der Waals surface area contributed by atoms with E-state index in [9.17, 15) is 18.0 Å². The van der Waals surface area contributed by atoms with Crippen LogP contribution in [0, 0.1) is 6.92 Å². The molecule has 1 saturated heterocycles. The number of halogens is 3. The van der Waals surface area contributed by atoms with E-state index >= 15 is 0 Å². The van der Waals surface area contributed by atoms with Crippen LogP contribution in [-0.2, 0) is 17.4 Å². The van der Waals surface area contributed by atoms with Crippen molar-refractivity contribution >= 4 is 5.91 Å². The fraction of sp³-hybridized carbons (Fsp3) is 0.706. The molecule has 140 valence electrons. The van der Waals surface area contributed by atoms with E-state index in [-0.39, 0.29) is 36.4 Å². The van der Waals surface area contributed by atoms with Crippen molar-refractivity contribution in [1.29, 1.82) is 0 Å². The van der Waals surface area contributed by atoms with Crippen molar-refractivity contribution in [2.45, 2.75) is 58.2 Å². The van der Waals surface area contributed by atoms with Crippen LogP contribution in [0.2, 0.25) is 0 Å². The van der Waals surface area contributed by atoms with Crippen molar-refractivity contribution in [2.24, 2.45) is 0 Å². The van der Waals surface area contributed by atoms with Gasteiger partial charge < -0.3 is 5.32 Å². The highest BCUT2D eigenvalue weighted by Crippen LogP contribution is 2.27. The van der Waals surface area contributed by atoms with E-state index in [0.717, 1.165) is 32.0 Å². The maximum Gasteiger partial charge on any atom is 0.433 e. The minimum Gasteiger partial charge on any atom is -0.354 e. The van der Waals surface area contributed by atoms with Gasteiger partial charge in [0, 0.05) is 18.7 Å². The molecular weight excluding hydrogens is 333 g/mol. The number of carbonyl (C=O) groups is 1. The average Bonchev–Trinajstić information content (AvgIpc) is 2.82. The third kappa shape index (κ3) is 5.95. The average molecular weight is 358 g/mol. The summed E-state index contributed by atoms with van der Waals surface area (Å²) >= 11 is 0. The molecule has 0 bridgehead atoms. The lowest BCUT2D eigenvalue weighted by Crippen LogP contribution is -2.46. The number of aryl methyl sites for hydroxylation is 1. The van der Waals surface area contributed by atoms with Crippen molar-refractivity contribution in [3.05, 3.63) is 23.3 Å². The van der Waals surface area contributed by atoms with Crippen molar-refractivity contribution in [3.8, 4) is 0 Å². The van der Waals surface area contributed by atoms with Gasteiger partial charge in [0.1, 0.15) is 11.5 Å². The predicted octanol–water partition coefficient (Wildman–Crippen LogP) is 2.73. The Balaban J connectivity index is 1.87. The van der Waals surface area contributed by atoms with Crippen LogP contribution in [0.15, 0.2) is 6.07 Å². The van der Waals surface area contributed by atoms with Crippen LogP contribution in [0.5, 0.6) is 0 Å². The summed E-state index contributed by atoms with van der Waals surface area (Å²) in [6.07, 6.45) is 0.244. The first-order chi connectivity index (χ1) is 11.8. The van der Waals surface area contributed by atoms with Gasteiger partial charge in [-0.15, -0.1) is 0 Å². The maximum absolute atomic E-state index is 12.8. The van der Waals surface area contributed by atoms with Crippen molar-refractivity contribution < 1.29 is 18.0 Å². The zero-order valence-corrected chi connectivity index (χ0v) is 14.7. The van der Waals surface area contributed by atoms with Crippen LogP contribution in [0.4, 0.5) is 13.2 Å². The second kappa shape index (κ2) is 8.60. The fourth-order valence-corrected chi connectivity index (χ4v) is 2.98. The SMILES string of the molecule is Cc1cc(C(F)(F)F)nc(CCNC(=O)C(C)N2CCCCCC2)n1. The van der Waals surface area contributed by atoms with Crippen molar-refractivity contribution in [1.82, 2.24) is 20.2 Å². The van der Waals surface area contributed by atoms with E-state index in [1.54, 1.807) is 0 Å².